The lowest BCUT2D eigenvalue weighted by Gasteiger charge is -2.37. The zero-order valence-corrected chi connectivity index (χ0v) is 10.9. The van der Waals surface area contributed by atoms with Crippen molar-refractivity contribution in [3.05, 3.63) is 0 Å². The van der Waals surface area contributed by atoms with Crippen molar-refractivity contribution in [2.24, 2.45) is 11.3 Å². The third kappa shape index (κ3) is 1.99. The number of hydrogen-bond acceptors (Lipinski definition) is 4. The maximum Gasteiger partial charge on any atom is 0.157 e. The average Bonchev–Trinajstić information content (AvgIpc) is 2.89. The molecule has 0 bridgehead atoms. The standard InChI is InChI=1S/C14H24O4/c15-11-4-2-10-3-5-12(16)14(10,11)7-6-13-17-8-1-9-18-13/h10-13,15-16H,1-9H2/t10?,11-,12-,14?/m0/s1. The molecule has 0 aromatic carbocycles. The minimum atomic E-state index is -0.344. The van der Waals surface area contributed by atoms with Crippen LogP contribution in [0.1, 0.15) is 44.9 Å². The molecule has 4 heteroatoms. The second-order valence-corrected chi connectivity index (χ2v) is 6.06. The first-order chi connectivity index (χ1) is 8.73. The minimum Gasteiger partial charge on any atom is -0.392 e. The topological polar surface area (TPSA) is 58.9 Å². The van der Waals surface area contributed by atoms with Crippen molar-refractivity contribution in [3.8, 4) is 0 Å². The predicted molar refractivity (Wildman–Crippen MR) is 65.9 cm³/mol. The number of fused-ring (bicyclic) bond motifs is 1. The van der Waals surface area contributed by atoms with E-state index in [9.17, 15) is 10.2 Å². The Hall–Kier alpha value is -0.160. The fourth-order valence-electron chi connectivity index (χ4n) is 4.31. The first-order valence-electron chi connectivity index (χ1n) is 7.33. The number of hydrogen-bond donors (Lipinski definition) is 2. The van der Waals surface area contributed by atoms with Gasteiger partial charge in [-0.15, -0.1) is 0 Å². The third-order valence-electron chi connectivity index (χ3n) is 5.29. The zero-order valence-electron chi connectivity index (χ0n) is 10.9. The Morgan fingerprint density at radius 3 is 2.17 bits per heavy atom. The summed E-state index contributed by atoms with van der Waals surface area (Å²) in [6.45, 7) is 1.54. The van der Waals surface area contributed by atoms with Crippen LogP contribution >= 0.6 is 0 Å². The van der Waals surface area contributed by atoms with Gasteiger partial charge < -0.3 is 19.7 Å². The molecule has 2 N–H and O–H groups in total. The van der Waals surface area contributed by atoms with Crippen LogP contribution in [0.25, 0.3) is 0 Å². The van der Waals surface area contributed by atoms with Gasteiger partial charge in [-0.1, -0.05) is 0 Å². The summed E-state index contributed by atoms with van der Waals surface area (Å²) in [7, 11) is 0. The van der Waals surface area contributed by atoms with Crippen LogP contribution in [-0.2, 0) is 9.47 Å². The zero-order chi connectivity index (χ0) is 12.6. The van der Waals surface area contributed by atoms with E-state index in [1.165, 1.54) is 0 Å². The molecule has 0 aromatic rings. The van der Waals surface area contributed by atoms with Gasteiger partial charge in [0, 0.05) is 5.41 Å². The van der Waals surface area contributed by atoms with E-state index in [1.807, 2.05) is 0 Å². The van der Waals surface area contributed by atoms with E-state index >= 15 is 0 Å². The highest BCUT2D eigenvalue weighted by molar-refractivity contribution is 5.06. The van der Waals surface area contributed by atoms with E-state index in [0.717, 1.165) is 58.2 Å². The normalized spacial score (nSPS) is 45.3. The molecule has 2 atom stereocenters. The minimum absolute atomic E-state index is 0.130. The van der Waals surface area contributed by atoms with Crippen molar-refractivity contribution in [2.75, 3.05) is 13.2 Å². The van der Waals surface area contributed by atoms with Gasteiger partial charge in [-0.05, 0) is 50.9 Å². The summed E-state index contributed by atoms with van der Waals surface area (Å²) in [5, 5.41) is 20.6. The molecule has 3 rings (SSSR count). The number of rotatable bonds is 3. The molecule has 18 heavy (non-hydrogen) atoms. The number of aliphatic hydroxyl groups is 2. The molecule has 0 radical (unpaired) electrons. The molecule has 1 aliphatic heterocycles. The van der Waals surface area contributed by atoms with Crippen LogP contribution in [0.3, 0.4) is 0 Å². The highest BCUT2D eigenvalue weighted by atomic mass is 16.7. The summed E-state index contributed by atoms with van der Waals surface area (Å²) in [4.78, 5) is 0. The molecule has 1 saturated heterocycles. The predicted octanol–water partition coefficient (Wildman–Crippen LogP) is 1.44. The van der Waals surface area contributed by atoms with Crippen LogP contribution in [0.15, 0.2) is 0 Å². The highest BCUT2D eigenvalue weighted by Crippen LogP contribution is 2.57. The van der Waals surface area contributed by atoms with E-state index in [2.05, 4.69) is 0 Å². The largest absolute Gasteiger partial charge is 0.392 e. The SMILES string of the molecule is O[C@H]1CCC2CC[C@H](O)C21CCC1OCCCO1. The Labute approximate surface area is 108 Å². The van der Waals surface area contributed by atoms with Crippen molar-refractivity contribution in [1.82, 2.24) is 0 Å². The Morgan fingerprint density at radius 1 is 0.944 bits per heavy atom. The molecule has 0 aromatic heterocycles. The van der Waals surface area contributed by atoms with Gasteiger partial charge in [0.25, 0.3) is 0 Å². The van der Waals surface area contributed by atoms with Gasteiger partial charge >= 0.3 is 0 Å². The van der Waals surface area contributed by atoms with Gasteiger partial charge in [-0.3, -0.25) is 0 Å². The summed E-state index contributed by atoms with van der Waals surface area (Å²) in [6, 6.07) is 0. The summed E-state index contributed by atoms with van der Waals surface area (Å²) < 4.78 is 11.1. The highest BCUT2D eigenvalue weighted by Gasteiger charge is 2.57. The van der Waals surface area contributed by atoms with E-state index in [1.54, 1.807) is 0 Å². The Morgan fingerprint density at radius 2 is 1.56 bits per heavy atom. The van der Waals surface area contributed by atoms with Gasteiger partial charge in [-0.2, -0.15) is 0 Å². The smallest absolute Gasteiger partial charge is 0.157 e. The molecular formula is C14H24O4. The molecule has 4 nitrogen and oxygen atoms in total. The second kappa shape index (κ2) is 5.08. The summed E-state index contributed by atoms with van der Waals surface area (Å²) in [6.07, 6.45) is 5.57. The fraction of sp³-hybridized carbons (Fsp3) is 1.00. The lowest BCUT2D eigenvalue weighted by Crippen LogP contribution is -2.42. The molecule has 2 saturated carbocycles. The van der Waals surface area contributed by atoms with Crippen LogP contribution in [0.5, 0.6) is 0 Å². The van der Waals surface area contributed by atoms with Gasteiger partial charge in [0.1, 0.15) is 0 Å². The van der Waals surface area contributed by atoms with E-state index < -0.39 is 0 Å². The van der Waals surface area contributed by atoms with Gasteiger partial charge in [0.15, 0.2) is 6.29 Å². The van der Waals surface area contributed by atoms with Crippen molar-refractivity contribution in [2.45, 2.75) is 63.4 Å². The third-order valence-corrected chi connectivity index (χ3v) is 5.29. The van der Waals surface area contributed by atoms with Gasteiger partial charge in [0.2, 0.25) is 0 Å². The first kappa shape index (κ1) is 12.9. The lowest BCUT2D eigenvalue weighted by atomic mass is 9.73. The van der Waals surface area contributed by atoms with Crippen LogP contribution in [-0.4, -0.2) is 41.9 Å². The monoisotopic (exact) mass is 256 g/mol. The molecule has 3 fully saturated rings. The molecule has 0 amide bonds. The average molecular weight is 256 g/mol. The van der Waals surface area contributed by atoms with E-state index in [4.69, 9.17) is 9.47 Å². The van der Waals surface area contributed by atoms with Crippen molar-refractivity contribution >= 4 is 0 Å². The fourth-order valence-corrected chi connectivity index (χ4v) is 4.31. The van der Waals surface area contributed by atoms with Crippen LogP contribution in [0, 0.1) is 11.3 Å². The van der Waals surface area contributed by atoms with E-state index in [-0.39, 0.29) is 23.9 Å². The Kier molecular flexibility index (Phi) is 3.63. The molecule has 0 spiro atoms. The molecular weight excluding hydrogens is 232 g/mol. The van der Waals surface area contributed by atoms with Gasteiger partial charge in [0.05, 0.1) is 25.4 Å². The molecule has 104 valence electrons. The molecule has 3 aliphatic rings. The van der Waals surface area contributed by atoms with Crippen LogP contribution in [0.2, 0.25) is 0 Å². The molecule has 1 heterocycles. The van der Waals surface area contributed by atoms with E-state index in [0.29, 0.717) is 5.92 Å². The maximum absolute atomic E-state index is 10.3. The van der Waals surface area contributed by atoms with Crippen LogP contribution in [0.4, 0.5) is 0 Å². The Balaban J connectivity index is 1.64. The molecule has 0 unspecified atom stereocenters. The number of ether oxygens (including phenoxy) is 2. The van der Waals surface area contributed by atoms with Crippen molar-refractivity contribution < 1.29 is 19.7 Å². The lowest BCUT2D eigenvalue weighted by molar-refractivity contribution is -0.188. The summed E-state index contributed by atoms with van der Waals surface area (Å²) >= 11 is 0. The van der Waals surface area contributed by atoms with Crippen molar-refractivity contribution in [3.63, 3.8) is 0 Å². The summed E-state index contributed by atoms with van der Waals surface area (Å²) in [5.41, 5.74) is -0.274. The maximum atomic E-state index is 10.3. The second-order valence-electron chi connectivity index (χ2n) is 6.06. The first-order valence-corrected chi connectivity index (χ1v) is 7.33. The summed E-state index contributed by atoms with van der Waals surface area (Å²) in [5.74, 6) is 0.492. The number of aliphatic hydroxyl groups excluding tert-OH is 2. The van der Waals surface area contributed by atoms with Gasteiger partial charge in [-0.25, -0.2) is 0 Å². The van der Waals surface area contributed by atoms with Crippen LogP contribution < -0.4 is 0 Å². The Bertz CT molecular complexity index is 274. The van der Waals surface area contributed by atoms with Crippen molar-refractivity contribution in [1.29, 1.82) is 0 Å². The quantitative estimate of drug-likeness (QED) is 0.802. The molecule has 2 aliphatic carbocycles.